The standard InChI is InChI=1S/C17H18BrClN4O2/c18-12-9-15(20-11-12)16(24)22-5-2-6-23(8-7-22)17(25)21-14-4-1-3-13(19)10-14/h1,3-4,9-11,20H,2,5-8H2,(H,21,25). The summed E-state index contributed by atoms with van der Waals surface area (Å²) in [6, 6.07) is 8.62. The van der Waals surface area contributed by atoms with Crippen molar-refractivity contribution in [1.29, 1.82) is 0 Å². The minimum Gasteiger partial charge on any atom is -0.356 e. The van der Waals surface area contributed by atoms with Crippen molar-refractivity contribution in [2.24, 2.45) is 0 Å². The molecule has 2 heterocycles. The molecule has 0 unspecified atom stereocenters. The zero-order valence-electron chi connectivity index (χ0n) is 13.5. The average molecular weight is 426 g/mol. The molecule has 1 aromatic heterocycles. The van der Waals surface area contributed by atoms with Crippen LogP contribution in [0.2, 0.25) is 5.02 Å². The predicted octanol–water partition coefficient (Wildman–Crippen LogP) is 3.81. The fraction of sp³-hybridized carbons (Fsp3) is 0.294. The zero-order valence-corrected chi connectivity index (χ0v) is 15.8. The number of nitrogens with one attached hydrogen (secondary N) is 2. The Kier molecular flexibility index (Phi) is 5.65. The lowest BCUT2D eigenvalue weighted by molar-refractivity contribution is 0.0757. The summed E-state index contributed by atoms with van der Waals surface area (Å²) in [5.74, 6) is -0.0530. The first-order valence-corrected chi connectivity index (χ1v) is 9.15. The number of anilines is 1. The van der Waals surface area contributed by atoms with Crippen LogP contribution in [0.4, 0.5) is 10.5 Å². The Morgan fingerprint density at radius 2 is 1.88 bits per heavy atom. The Hall–Kier alpha value is -1.99. The second kappa shape index (κ2) is 7.93. The second-order valence-electron chi connectivity index (χ2n) is 5.80. The maximum absolute atomic E-state index is 12.5. The van der Waals surface area contributed by atoms with Crippen LogP contribution in [0.5, 0.6) is 0 Å². The summed E-state index contributed by atoms with van der Waals surface area (Å²) in [4.78, 5) is 31.4. The van der Waals surface area contributed by atoms with E-state index in [4.69, 9.17) is 11.6 Å². The average Bonchev–Trinajstić information content (AvgIpc) is 2.87. The smallest absolute Gasteiger partial charge is 0.321 e. The SMILES string of the molecule is O=C(Nc1cccc(Cl)c1)N1CCCN(C(=O)c2cc(Br)c[nH]2)CC1. The van der Waals surface area contributed by atoms with Gasteiger partial charge in [-0.2, -0.15) is 0 Å². The molecule has 2 aromatic rings. The van der Waals surface area contributed by atoms with Gasteiger partial charge in [0.2, 0.25) is 0 Å². The molecule has 1 saturated heterocycles. The Morgan fingerprint density at radius 1 is 1.12 bits per heavy atom. The number of hydrogen-bond donors (Lipinski definition) is 2. The third-order valence-corrected chi connectivity index (χ3v) is 4.72. The molecule has 1 aliphatic rings. The molecule has 3 rings (SSSR count). The van der Waals surface area contributed by atoms with E-state index in [1.807, 2.05) is 0 Å². The van der Waals surface area contributed by atoms with E-state index in [-0.39, 0.29) is 11.9 Å². The molecule has 0 spiro atoms. The summed E-state index contributed by atoms with van der Waals surface area (Å²) < 4.78 is 0.841. The number of aromatic amines is 1. The van der Waals surface area contributed by atoms with Gasteiger partial charge in [-0.15, -0.1) is 0 Å². The highest BCUT2D eigenvalue weighted by atomic mass is 79.9. The number of carbonyl (C=O) groups is 2. The molecule has 1 aromatic carbocycles. The van der Waals surface area contributed by atoms with E-state index < -0.39 is 0 Å². The summed E-state index contributed by atoms with van der Waals surface area (Å²) in [5.41, 5.74) is 1.20. The third kappa shape index (κ3) is 4.55. The zero-order chi connectivity index (χ0) is 17.8. The van der Waals surface area contributed by atoms with Crippen molar-refractivity contribution in [3.05, 3.63) is 51.7 Å². The molecule has 2 N–H and O–H groups in total. The summed E-state index contributed by atoms with van der Waals surface area (Å²) >= 11 is 9.27. The van der Waals surface area contributed by atoms with E-state index in [0.717, 1.165) is 10.9 Å². The molecule has 132 valence electrons. The molecule has 0 radical (unpaired) electrons. The Labute approximate surface area is 159 Å². The number of carbonyl (C=O) groups excluding carboxylic acids is 2. The van der Waals surface area contributed by atoms with Crippen LogP contribution in [-0.4, -0.2) is 52.9 Å². The van der Waals surface area contributed by atoms with Crippen LogP contribution in [0.1, 0.15) is 16.9 Å². The summed E-state index contributed by atoms with van der Waals surface area (Å²) in [6.07, 6.45) is 2.46. The van der Waals surface area contributed by atoms with Gasteiger partial charge in [-0.05, 0) is 46.6 Å². The van der Waals surface area contributed by atoms with Crippen LogP contribution < -0.4 is 5.32 Å². The number of nitrogens with zero attached hydrogens (tertiary/aromatic N) is 2. The van der Waals surface area contributed by atoms with E-state index in [1.165, 1.54) is 0 Å². The molecule has 1 fully saturated rings. The number of urea groups is 1. The van der Waals surface area contributed by atoms with Gasteiger partial charge in [-0.25, -0.2) is 4.79 Å². The van der Waals surface area contributed by atoms with Gasteiger partial charge in [0, 0.05) is 47.6 Å². The van der Waals surface area contributed by atoms with E-state index in [9.17, 15) is 9.59 Å². The van der Waals surface area contributed by atoms with Crippen LogP contribution >= 0.6 is 27.5 Å². The molecule has 0 saturated carbocycles. The Morgan fingerprint density at radius 3 is 2.60 bits per heavy atom. The minimum absolute atomic E-state index is 0.0530. The highest BCUT2D eigenvalue weighted by Crippen LogP contribution is 2.17. The number of hydrogen-bond acceptors (Lipinski definition) is 2. The maximum Gasteiger partial charge on any atom is 0.321 e. The number of H-pyrrole nitrogens is 1. The Bertz CT molecular complexity index is 780. The minimum atomic E-state index is -0.181. The van der Waals surface area contributed by atoms with Crippen LogP contribution in [-0.2, 0) is 0 Å². The summed E-state index contributed by atoms with van der Waals surface area (Å²) in [6.45, 7) is 2.21. The molecule has 6 nitrogen and oxygen atoms in total. The van der Waals surface area contributed by atoms with Crippen LogP contribution in [0, 0.1) is 0 Å². The highest BCUT2D eigenvalue weighted by molar-refractivity contribution is 9.10. The first kappa shape index (κ1) is 17.8. The van der Waals surface area contributed by atoms with Crippen molar-refractivity contribution < 1.29 is 9.59 Å². The molecule has 8 heteroatoms. The fourth-order valence-corrected chi connectivity index (χ4v) is 3.29. The van der Waals surface area contributed by atoms with E-state index in [0.29, 0.717) is 42.6 Å². The van der Waals surface area contributed by atoms with Crippen molar-refractivity contribution in [2.75, 3.05) is 31.5 Å². The van der Waals surface area contributed by atoms with Crippen molar-refractivity contribution in [1.82, 2.24) is 14.8 Å². The molecule has 25 heavy (non-hydrogen) atoms. The van der Waals surface area contributed by atoms with Crippen molar-refractivity contribution in [3.63, 3.8) is 0 Å². The third-order valence-electron chi connectivity index (χ3n) is 4.02. The quantitative estimate of drug-likeness (QED) is 0.768. The molecular formula is C17H18BrClN4O2. The maximum atomic E-state index is 12.5. The van der Waals surface area contributed by atoms with Gasteiger partial charge in [0.15, 0.2) is 0 Å². The van der Waals surface area contributed by atoms with Gasteiger partial charge in [0.05, 0.1) is 0 Å². The van der Waals surface area contributed by atoms with Crippen LogP contribution in [0.3, 0.4) is 0 Å². The highest BCUT2D eigenvalue weighted by Gasteiger charge is 2.23. The first-order chi connectivity index (χ1) is 12.0. The normalized spacial score (nSPS) is 15.0. The second-order valence-corrected chi connectivity index (χ2v) is 7.16. The van der Waals surface area contributed by atoms with E-state index >= 15 is 0 Å². The van der Waals surface area contributed by atoms with E-state index in [2.05, 4.69) is 26.2 Å². The number of amides is 3. The number of benzene rings is 1. The summed E-state index contributed by atoms with van der Waals surface area (Å²) in [5, 5.41) is 3.42. The predicted molar refractivity (Wildman–Crippen MR) is 101 cm³/mol. The van der Waals surface area contributed by atoms with Gasteiger partial charge in [0.25, 0.3) is 5.91 Å². The van der Waals surface area contributed by atoms with Gasteiger partial charge >= 0.3 is 6.03 Å². The van der Waals surface area contributed by atoms with Gasteiger partial charge in [0.1, 0.15) is 5.69 Å². The monoisotopic (exact) mass is 424 g/mol. The van der Waals surface area contributed by atoms with Crippen molar-refractivity contribution >= 4 is 45.2 Å². The lowest BCUT2D eigenvalue weighted by Crippen LogP contribution is -2.39. The first-order valence-electron chi connectivity index (χ1n) is 7.97. The number of halogens is 2. The van der Waals surface area contributed by atoms with Gasteiger partial charge < -0.3 is 20.1 Å². The lowest BCUT2D eigenvalue weighted by atomic mass is 10.3. The van der Waals surface area contributed by atoms with E-state index in [1.54, 1.807) is 46.3 Å². The van der Waals surface area contributed by atoms with Gasteiger partial charge in [-0.3, -0.25) is 4.79 Å². The fourth-order valence-electron chi connectivity index (χ4n) is 2.75. The molecular weight excluding hydrogens is 408 g/mol. The summed E-state index contributed by atoms with van der Waals surface area (Å²) in [7, 11) is 0. The largest absolute Gasteiger partial charge is 0.356 e. The topological polar surface area (TPSA) is 68.4 Å². The van der Waals surface area contributed by atoms with Crippen molar-refractivity contribution in [3.8, 4) is 0 Å². The molecule has 0 aliphatic carbocycles. The molecule has 0 atom stereocenters. The molecule has 3 amide bonds. The molecule has 1 aliphatic heterocycles. The van der Waals surface area contributed by atoms with Crippen LogP contribution in [0.15, 0.2) is 41.0 Å². The lowest BCUT2D eigenvalue weighted by Gasteiger charge is -2.22. The number of aromatic nitrogens is 1. The van der Waals surface area contributed by atoms with Crippen molar-refractivity contribution in [2.45, 2.75) is 6.42 Å². The number of rotatable bonds is 2. The van der Waals surface area contributed by atoms with Gasteiger partial charge in [-0.1, -0.05) is 17.7 Å². The Balaban J connectivity index is 1.59. The molecule has 0 bridgehead atoms. The van der Waals surface area contributed by atoms with Crippen LogP contribution in [0.25, 0.3) is 0 Å².